The van der Waals surface area contributed by atoms with Crippen molar-refractivity contribution in [1.82, 2.24) is 5.32 Å². The molecule has 1 aliphatic rings. The Hall–Kier alpha value is -1.67. The van der Waals surface area contributed by atoms with E-state index in [-0.39, 0.29) is 5.69 Å². The second-order valence-electron chi connectivity index (χ2n) is 6.56. The van der Waals surface area contributed by atoms with Crippen LogP contribution in [-0.2, 0) is 19.6 Å². The van der Waals surface area contributed by atoms with E-state index in [1.54, 1.807) is 0 Å². The van der Waals surface area contributed by atoms with Gasteiger partial charge in [0, 0.05) is 13.2 Å². The van der Waals surface area contributed by atoms with Crippen LogP contribution in [0.15, 0.2) is 24.3 Å². The molecule has 1 aliphatic carbocycles. The lowest BCUT2D eigenvalue weighted by Gasteiger charge is -2.23. The molecule has 0 aromatic heterocycles. The number of carbonyl (C=O) groups is 1. The van der Waals surface area contributed by atoms with Crippen molar-refractivity contribution < 1.29 is 22.3 Å². The summed E-state index contributed by atoms with van der Waals surface area (Å²) in [6.07, 6.45) is 7.80. The molecular formula is C18H27FN2O4S. The fourth-order valence-corrected chi connectivity index (χ4v) is 3.86. The summed E-state index contributed by atoms with van der Waals surface area (Å²) in [6, 6.07) is 5.48. The number of hydrogen-bond acceptors (Lipinski definition) is 4. The minimum atomic E-state index is -3.78. The van der Waals surface area contributed by atoms with Gasteiger partial charge >= 0.3 is 0 Å². The first-order chi connectivity index (χ1) is 12.4. The van der Waals surface area contributed by atoms with E-state index in [2.05, 4.69) is 5.32 Å². The quantitative estimate of drug-likeness (QED) is 0.662. The van der Waals surface area contributed by atoms with Gasteiger partial charge in [-0.3, -0.25) is 9.10 Å². The number of rotatable bonds is 9. The third-order valence-electron chi connectivity index (χ3n) is 4.36. The van der Waals surface area contributed by atoms with Gasteiger partial charge in [-0.2, -0.15) is 0 Å². The number of hydrogen-bond donors (Lipinski definition) is 1. The first-order valence-electron chi connectivity index (χ1n) is 8.98. The topological polar surface area (TPSA) is 75.7 Å². The van der Waals surface area contributed by atoms with Gasteiger partial charge in [0.25, 0.3) is 0 Å². The maximum atomic E-state index is 13.9. The average Bonchev–Trinajstić information content (AvgIpc) is 2.60. The molecular weight excluding hydrogens is 359 g/mol. The highest BCUT2D eigenvalue weighted by Crippen LogP contribution is 2.21. The summed E-state index contributed by atoms with van der Waals surface area (Å²) in [5.41, 5.74) is -0.134. The SMILES string of the molecule is CS(=O)(=O)N(CC(=O)NCCCOC1CCCCC1)c1ccccc1F. The maximum Gasteiger partial charge on any atom is 0.240 e. The first kappa shape index (κ1) is 20.6. The number of benzene rings is 1. The van der Waals surface area contributed by atoms with Crippen LogP contribution in [0.4, 0.5) is 10.1 Å². The number of nitrogens with zero attached hydrogens (tertiary/aromatic N) is 1. The number of anilines is 1. The predicted molar refractivity (Wildman–Crippen MR) is 99.0 cm³/mol. The van der Waals surface area contributed by atoms with Crippen molar-refractivity contribution in [3.8, 4) is 0 Å². The number of sulfonamides is 1. The van der Waals surface area contributed by atoms with Crippen molar-refractivity contribution in [2.75, 3.05) is 30.3 Å². The highest BCUT2D eigenvalue weighted by atomic mass is 32.2. The van der Waals surface area contributed by atoms with Crippen LogP contribution in [-0.4, -0.2) is 46.4 Å². The molecule has 1 N–H and O–H groups in total. The Labute approximate surface area is 154 Å². The van der Waals surface area contributed by atoms with Crippen molar-refractivity contribution in [3.05, 3.63) is 30.1 Å². The fraction of sp³-hybridized carbons (Fsp3) is 0.611. The van der Waals surface area contributed by atoms with Crippen LogP contribution in [0.2, 0.25) is 0 Å². The standard InChI is InChI=1S/C18H27FN2O4S/c1-26(23,24)21(17-11-6-5-10-16(17)19)14-18(22)20-12-7-13-25-15-8-3-2-4-9-15/h5-6,10-11,15H,2-4,7-9,12-14H2,1H3,(H,20,22). The molecule has 1 saturated carbocycles. The van der Waals surface area contributed by atoms with E-state index in [1.165, 1.54) is 37.5 Å². The van der Waals surface area contributed by atoms with Crippen LogP contribution in [0.3, 0.4) is 0 Å². The van der Waals surface area contributed by atoms with Gasteiger partial charge in [0.1, 0.15) is 12.4 Å². The Kier molecular flexibility index (Phi) is 7.84. The van der Waals surface area contributed by atoms with Gasteiger partial charge in [-0.05, 0) is 31.4 Å². The van der Waals surface area contributed by atoms with Gasteiger partial charge in [-0.1, -0.05) is 31.4 Å². The summed E-state index contributed by atoms with van der Waals surface area (Å²) in [5, 5.41) is 2.66. The Balaban J connectivity index is 1.78. The lowest BCUT2D eigenvalue weighted by molar-refractivity contribution is -0.119. The lowest BCUT2D eigenvalue weighted by atomic mass is 9.98. The predicted octanol–water partition coefficient (Wildman–Crippen LogP) is 2.45. The number of para-hydroxylation sites is 1. The number of ether oxygens (including phenoxy) is 1. The molecule has 1 amide bonds. The van der Waals surface area contributed by atoms with Crippen LogP contribution >= 0.6 is 0 Å². The normalized spacial score (nSPS) is 15.6. The minimum absolute atomic E-state index is 0.134. The van der Waals surface area contributed by atoms with Crippen LogP contribution in [0.25, 0.3) is 0 Å². The molecule has 0 unspecified atom stereocenters. The van der Waals surface area contributed by atoms with Crippen molar-refractivity contribution in [2.24, 2.45) is 0 Å². The molecule has 0 heterocycles. The molecule has 0 saturated heterocycles. The van der Waals surface area contributed by atoms with E-state index in [1.807, 2.05) is 0 Å². The summed E-state index contributed by atoms with van der Waals surface area (Å²) in [5.74, 6) is -1.16. The summed E-state index contributed by atoms with van der Waals surface area (Å²) in [7, 11) is -3.78. The second-order valence-corrected chi connectivity index (χ2v) is 8.46. The molecule has 0 spiro atoms. The minimum Gasteiger partial charge on any atom is -0.378 e. The van der Waals surface area contributed by atoms with Gasteiger partial charge in [0.2, 0.25) is 15.9 Å². The Bertz CT molecular complexity index is 690. The molecule has 0 atom stereocenters. The average molecular weight is 386 g/mol. The molecule has 0 bridgehead atoms. The van der Waals surface area contributed by atoms with E-state index < -0.39 is 28.3 Å². The summed E-state index contributed by atoms with van der Waals surface area (Å²) in [4.78, 5) is 12.1. The van der Waals surface area contributed by atoms with E-state index in [0.29, 0.717) is 25.7 Å². The van der Waals surface area contributed by atoms with Crippen LogP contribution in [0.1, 0.15) is 38.5 Å². The van der Waals surface area contributed by atoms with Gasteiger partial charge in [-0.15, -0.1) is 0 Å². The molecule has 1 aromatic rings. The van der Waals surface area contributed by atoms with Crippen LogP contribution < -0.4 is 9.62 Å². The van der Waals surface area contributed by atoms with Gasteiger partial charge in [-0.25, -0.2) is 12.8 Å². The molecule has 1 fully saturated rings. The zero-order valence-electron chi connectivity index (χ0n) is 15.1. The highest BCUT2D eigenvalue weighted by Gasteiger charge is 2.23. The molecule has 2 rings (SSSR count). The molecule has 26 heavy (non-hydrogen) atoms. The highest BCUT2D eigenvalue weighted by molar-refractivity contribution is 7.92. The second kappa shape index (κ2) is 9.87. The summed E-state index contributed by atoms with van der Waals surface area (Å²) in [6.45, 7) is 0.498. The van der Waals surface area contributed by atoms with Crippen molar-refractivity contribution in [2.45, 2.75) is 44.6 Å². The van der Waals surface area contributed by atoms with E-state index in [0.717, 1.165) is 29.5 Å². The van der Waals surface area contributed by atoms with Crippen molar-refractivity contribution >= 4 is 21.6 Å². The third kappa shape index (κ3) is 6.57. The molecule has 0 aliphatic heterocycles. The third-order valence-corrected chi connectivity index (χ3v) is 5.48. The van der Waals surface area contributed by atoms with E-state index in [9.17, 15) is 17.6 Å². The molecule has 146 valence electrons. The number of amides is 1. The molecule has 0 radical (unpaired) electrons. The van der Waals surface area contributed by atoms with Crippen LogP contribution in [0, 0.1) is 5.82 Å². The van der Waals surface area contributed by atoms with Crippen molar-refractivity contribution in [1.29, 1.82) is 0 Å². The Morgan fingerprint density at radius 1 is 1.27 bits per heavy atom. The molecule has 6 nitrogen and oxygen atoms in total. The smallest absolute Gasteiger partial charge is 0.240 e. The first-order valence-corrected chi connectivity index (χ1v) is 10.8. The van der Waals surface area contributed by atoms with E-state index in [4.69, 9.17) is 4.74 Å². The zero-order chi connectivity index (χ0) is 19.0. The van der Waals surface area contributed by atoms with E-state index >= 15 is 0 Å². The van der Waals surface area contributed by atoms with Gasteiger partial charge < -0.3 is 10.1 Å². The monoisotopic (exact) mass is 386 g/mol. The van der Waals surface area contributed by atoms with Crippen LogP contribution in [0.5, 0.6) is 0 Å². The Morgan fingerprint density at radius 2 is 1.96 bits per heavy atom. The lowest BCUT2D eigenvalue weighted by Crippen LogP contribution is -2.41. The maximum absolute atomic E-state index is 13.9. The molecule has 1 aromatic carbocycles. The molecule has 8 heteroatoms. The summed E-state index contributed by atoms with van der Waals surface area (Å²) >= 11 is 0. The number of nitrogens with one attached hydrogen (secondary N) is 1. The van der Waals surface area contributed by atoms with Crippen molar-refractivity contribution in [3.63, 3.8) is 0 Å². The van der Waals surface area contributed by atoms with Gasteiger partial charge in [0.15, 0.2) is 0 Å². The zero-order valence-corrected chi connectivity index (χ0v) is 15.9. The number of halogens is 1. The number of carbonyl (C=O) groups excluding carboxylic acids is 1. The largest absolute Gasteiger partial charge is 0.378 e. The Morgan fingerprint density at radius 3 is 2.62 bits per heavy atom. The summed E-state index contributed by atoms with van der Waals surface area (Å²) < 4.78 is 44.3. The fourth-order valence-electron chi connectivity index (χ4n) is 3.00. The van der Waals surface area contributed by atoms with Gasteiger partial charge in [0.05, 0.1) is 18.0 Å².